The van der Waals surface area contributed by atoms with Crippen LogP contribution in [0.2, 0.25) is 10.0 Å². The van der Waals surface area contributed by atoms with E-state index in [1.165, 1.54) is 12.1 Å². The van der Waals surface area contributed by atoms with Gasteiger partial charge < -0.3 is 0 Å². The number of hydrogen-bond donors (Lipinski definition) is 0. The van der Waals surface area contributed by atoms with E-state index in [4.69, 9.17) is 23.2 Å². The van der Waals surface area contributed by atoms with Crippen LogP contribution in [0, 0.1) is 5.82 Å². The molecule has 0 saturated carbocycles. The summed E-state index contributed by atoms with van der Waals surface area (Å²) in [5.74, 6) is -0.283. The van der Waals surface area contributed by atoms with Gasteiger partial charge in [-0.05, 0) is 41.1 Å². The zero-order valence-electron chi connectivity index (χ0n) is 10.8. The van der Waals surface area contributed by atoms with Gasteiger partial charge in [0.25, 0.3) is 0 Å². The molecule has 3 heteroatoms. The van der Waals surface area contributed by atoms with Crippen molar-refractivity contribution in [1.29, 1.82) is 0 Å². The van der Waals surface area contributed by atoms with E-state index in [1.807, 2.05) is 36.4 Å². The molecule has 0 nitrogen and oxygen atoms in total. The average molecular weight is 315 g/mol. The molecule has 0 saturated heterocycles. The fourth-order valence-corrected chi connectivity index (χ4v) is 3.45. The Morgan fingerprint density at radius 3 is 2.00 bits per heavy atom. The summed E-state index contributed by atoms with van der Waals surface area (Å²) in [6.45, 7) is 0. The van der Waals surface area contributed by atoms with E-state index in [1.54, 1.807) is 6.07 Å². The maximum absolute atomic E-state index is 13.4. The van der Waals surface area contributed by atoms with Crippen molar-refractivity contribution >= 4 is 55.5 Å². The van der Waals surface area contributed by atoms with Crippen molar-refractivity contribution in [1.82, 2.24) is 0 Å². The van der Waals surface area contributed by atoms with Crippen LogP contribution in [0.5, 0.6) is 0 Å². The van der Waals surface area contributed by atoms with Crippen molar-refractivity contribution in [2.75, 3.05) is 0 Å². The molecule has 0 aromatic heterocycles. The predicted molar refractivity (Wildman–Crippen MR) is 88.9 cm³/mol. The Morgan fingerprint density at radius 1 is 0.619 bits per heavy atom. The van der Waals surface area contributed by atoms with Gasteiger partial charge in [-0.3, -0.25) is 0 Å². The first kappa shape index (κ1) is 12.9. The monoisotopic (exact) mass is 314 g/mol. The highest BCUT2D eigenvalue weighted by molar-refractivity contribution is 6.46. The minimum absolute atomic E-state index is 0.283. The van der Waals surface area contributed by atoms with Gasteiger partial charge in [0.1, 0.15) is 5.82 Å². The largest absolute Gasteiger partial charge is 0.207 e. The highest BCUT2D eigenvalue weighted by Crippen LogP contribution is 2.39. The van der Waals surface area contributed by atoms with Crippen LogP contribution < -0.4 is 0 Å². The lowest BCUT2D eigenvalue weighted by molar-refractivity contribution is 0.630. The minimum Gasteiger partial charge on any atom is -0.207 e. The average Bonchev–Trinajstić information content (AvgIpc) is 2.49. The first-order valence-corrected chi connectivity index (χ1v) is 7.29. The Hall–Kier alpha value is -1.83. The molecular formula is C18H9Cl2F. The summed E-state index contributed by atoms with van der Waals surface area (Å²) in [4.78, 5) is 0. The topological polar surface area (TPSA) is 0 Å². The fourth-order valence-electron chi connectivity index (χ4n) is 2.80. The van der Waals surface area contributed by atoms with E-state index in [-0.39, 0.29) is 5.82 Å². The molecule has 0 atom stereocenters. The van der Waals surface area contributed by atoms with E-state index >= 15 is 0 Å². The van der Waals surface area contributed by atoms with Gasteiger partial charge in [0.15, 0.2) is 0 Å². The molecule has 0 N–H and O–H groups in total. The fraction of sp³-hybridized carbons (Fsp3) is 0. The molecular weight excluding hydrogens is 306 g/mol. The minimum atomic E-state index is -0.283. The Bertz CT molecular complexity index is 1020. The molecule has 0 bridgehead atoms. The van der Waals surface area contributed by atoms with Gasteiger partial charge in [0.05, 0.1) is 10.0 Å². The molecule has 4 aromatic rings. The van der Waals surface area contributed by atoms with Gasteiger partial charge in [-0.2, -0.15) is 0 Å². The van der Waals surface area contributed by atoms with Crippen molar-refractivity contribution in [3.05, 3.63) is 70.5 Å². The summed E-state index contributed by atoms with van der Waals surface area (Å²) in [6.07, 6.45) is 0. The first-order chi connectivity index (χ1) is 10.1. The predicted octanol–water partition coefficient (Wildman–Crippen LogP) is 6.59. The standard InChI is InChI=1S/C18H9Cl2F/c19-17-13-4-2-1-3-10(13)8-15-16(17)9-11-7-12(21)5-6-14(11)18(15)20/h1-9H. The summed E-state index contributed by atoms with van der Waals surface area (Å²) in [5.41, 5.74) is 0. The Morgan fingerprint density at radius 2 is 1.24 bits per heavy atom. The number of hydrogen-bond acceptors (Lipinski definition) is 0. The summed E-state index contributed by atoms with van der Waals surface area (Å²) in [7, 11) is 0. The molecule has 0 heterocycles. The lowest BCUT2D eigenvalue weighted by Crippen LogP contribution is -1.84. The maximum atomic E-state index is 13.4. The van der Waals surface area contributed by atoms with Crippen molar-refractivity contribution in [3.8, 4) is 0 Å². The van der Waals surface area contributed by atoms with E-state index in [0.29, 0.717) is 10.0 Å². The molecule has 0 fully saturated rings. The molecule has 0 amide bonds. The van der Waals surface area contributed by atoms with Gasteiger partial charge in [-0.1, -0.05) is 47.5 Å². The molecule has 0 aliphatic heterocycles. The van der Waals surface area contributed by atoms with Crippen molar-refractivity contribution in [2.24, 2.45) is 0 Å². The Kier molecular flexibility index (Phi) is 2.81. The van der Waals surface area contributed by atoms with Crippen molar-refractivity contribution in [2.45, 2.75) is 0 Å². The van der Waals surface area contributed by atoms with Crippen LogP contribution in [-0.2, 0) is 0 Å². The summed E-state index contributed by atoms with van der Waals surface area (Å²) in [5, 5.41) is 6.59. The van der Waals surface area contributed by atoms with Crippen LogP contribution in [0.4, 0.5) is 4.39 Å². The van der Waals surface area contributed by atoms with Crippen LogP contribution in [0.3, 0.4) is 0 Å². The Balaban J connectivity index is 2.28. The molecule has 21 heavy (non-hydrogen) atoms. The van der Waals surface area contributed by atoms with Crippen LogP contribution in [-0.4, -0.2) is 0 Å². The molecule has 4 rings (SSSR count). The van der Waals surface area contributed by atoms with Crippen LogP contribution in [0.15, 0.2) is 54.6 Å². The van der Waals surface area contributed by atoms with Crippen LogP contribution in [0.1, 0.15) is 0 Å². The molecule has 0 radical (unpaired) electrons. The van der Waals surface area contributed by atoms with Crippen molar-refractivity contribution in [3.63, 3.8) is 0 Å². The summed E-state index contributed by atoms with van der Waals surface area (Å²) >= 11 is 13.1. The van der Waals surface area contributed by atoms with Crippen molar-refractivity contribution < 1.29 is 4.39 Å². The highest BCUT2D eigenvalue weighted by Gasteiger charge is 2.11. The van der Waals surface area contributed by atoms with E-state index in [2.05, 4.69) is 0 Å². The van der Waals surface area contributed by atoms with E-state index in [0.717, 1.165) is 32.3 Å². The van der Waals surface area contributed by atoms with Crippen LogP contribution in [0.25, 0.3) is 32.3 Å². The lowest BCUT2D eigenvalue weighted by Gasteiger charge is -2.10. The van der Waals surface area contributed by atoms with Gasteiger partial charge in [0, 0.05) is 21.5 Å². The lowest BCUT2D eigenvalue weighted by atomic mass is 9.99. The third-order valence-electron chi connectivity index (χ3n) is 3.81. The Labute approximate surface area is 130 Å². The second-order valence-electron chi connectivity index (χ2n) is 5.06. The third kappa shape index (κ3) is 1.89. The van der Waals surface area contributed by atoms with Gasteiger partial charge in [0.2, 0.25) is 0 Å². The zero-order chi connectivity index (χ0) is 14.6. The van der Waals surface area contributed by atoms with E-state index < -0.39 is 0 Å². The number of benzene rings is 4. The highest BCUT2D eigenvalue weighted by atomic mass is 35.5. The van der Waals surface area contributed by atoms with Gasteiger partial charge in [-0.15, -0.1) is 0 Å². The third-order valence-corrected chi connectivity index (χ3v) is 4.62. The zero-order valence-corrected chi connectivity index (χ0v) is 12.3. The molecule has 102 valence electrons. The maximum Gasteiger partial charge on any atom is 0.123 e. The smallest absolute Gasteiger partial charge is 0.123 e. The first-order valence-electron chi connectivity index (χ1n) is 6.54. The number of fused-ring (bicyclic) bond motifs is 3. The molecule has 4 aromatic carbocycles. The second-order valence-corrected chi connectivity index (χ2v) is 5.82. The summed E-state index contributed by atoms with van der Waals surface area (Å²) in [6, 6.07) is 16.4. The second kappa shape index (κ2) is 4.59. The number of rotatable bonds is 0. The van der Waals surface area contributed by atoms with Crippen LogP contribution >= 0.6 is 23.2 Å². The summed E-state index contributed by atoms with van der Waals surface area (Å²) < 4.78 is 13.4. The molecule has 0 aliphatic carbocycles. The molecule has 0 aliphatic rings. The van der Waals surface area contributed by atoms with E-state index in [9.17, 15) is 4.39 Å². The SMILES string of the molecule is Fc1ccc2c(Cl)c3cc4ccccc4c(Cl)c3cc2c1. The molecule has 0 unspecified atom stereocenters. The molecule has 0 spiro atoms. The quantitative estimate of drug-likeness (QED) is 0.321. The number of halogens is 3. The normalized spacial score (nSPS) is 11.6. The van der Waals surface area contributed by atoms with Gasteiger partial charge in [-0.25, -0.2) is 4.39 Å². The van der Waals surface area contributed by atoms with Gasteiger partial charge >= 0.3 is 0 Å².